The number of aryl methyl sites for hydroxylation is 1. The Labute approximate surface area is 137 Å². The maximum atomic E-state index is 5.85. The summed E-state index contributed by atoms with van der Waals surface area (Å²) in [5, 5.41) is 3.57. The number of nitrogens with one attached hydrogen (secondary N) is 1. The summed E-state index contributed by atoms with van der Waals surface area (Å²) >= 11 is 0. The first-order chi connectivity index (χ1) is 11.2. The van der Waals surface area contributed by atoms with E-state index in [1.807, 2.05) is 24.4 Å². The Morgan fingerprint density at radius 3 is 3.00 bits per heavy atom. The summed E-state index contributed by atoms with van der Waals surface area (Å²) in [7, 11) is 0. The predicted octanol–water partition coefficient (Wildman–Crippen LogP) is 1.77. The average Bonchev–Trinajstić information content (AvgIpc) is 3.03. The predicted molar refractivity (Wildman–Crippen MR) is 92.1 cm³/mol. The Morgan fingerprint density at radius 1 is 1.30 bits per heavy atom. The quantitative estimate of drug-likeness (QED) is 0.846. The van der Waals surface area contributed by atoms with Gasteiger partial charge in [-0.2, -0.15) is 4.98 Å². The smallest absolute Gasteiger partial charge is 0.222 e. The minimum Gasteiger partial charge on any atom is -0.368 e. The van der Waals surface area contributed by atoms with Crippen LogP contribution >= 0.6 is 0 Å². The fourth-order valence-electron chi connectivity index (χ4n) is 2.94. The molecule has 3 heterocycles. The molecule has 0 saturated carbocycles. The van der Waals surface area contributed by atoms with Gasteiger partial charge in [-0.05, 0) is 25.0 Å². The van der Waals surface area contributed by atoms with Crippen LogP contribution in [0, 0.1) is 0 Å². The number of rotatable bonds is 6. The van der Waals surface area contributed by atoms with Crippen LogP contribution in [0.15, 0.2) is 30.5 Å². The highest BCUT2D eigenvalue weighted by Crippen LogP contribution is 2.20. The highest BCUT2D eigenvalue weighted by Gasteiger charge is 2.23. The van der Waals surface area contributed by atoms with E-state index < -0.39 is 0 Å². The standard InChI is InChI=1S/C17H24N6/c1-2-5-13-10-16(22-17(18)21-13)23-9-7-15(12-23)20-11-14-6-3-4-8-19-14/h3-4,6,8,10,15,20H,2,5,7,9,11-12H2,1H3,(H2,18,21,22). The molecule has 23 heavy (non-hydrogen) atoms. The number of nitrogens with two attached hydrogens (primary N) is 1. The van der Waals surface area contributed by atoms with Gasteiger partial charge >= 0.3 is 0 Å². The van der Waals surface area contributed by atoms with Crippen LogP contribution in [0.25, 0.3) is 0 Å². The van der Waals surface area contributed by atoms with Crippen molar-refractivity contribution in [2.75, 3.05) is 23.7 Å². The Bertz CT molecular complexity index is 630. The van der Waals surface area contributed by atoms with Gasteiger partial charge in [-0.25, -0.2) is 4.98 Å². The van der Waals surface area contributed by atoms with Crippen molar-refractivity contribution >= 4 is 11.8 Å². The molecule has 0 aliphatic carbocycles. The molecule has 1 fully saturated rings. The van der Waals surface area contributed by atoms with Crippen LogP contribution in [0.1, 0.15) is 31.2 Å². The molecule has 0 radical (unpaired) electrons. The number of pyridine rings is 1. The molecule has 1 aliphatic rings. The van der Waals surface area contributed by atoms with Crippen LogP contribution in [-0.4, -0.2) is 34.1 Å². The van der Waals surface area contributed by atoms with E-state index in [-0.39, 0.29) is 0 Å². The van der Waals surface area contributed by atoms with Crippen molar-refractivity contribution in [3.63, 3.8) is 0 Å². The number of hydrogen-bond donors (Lipinski definition) is 2. The first-order valence-corrected chi connectivity index (χ1v) is 8.26. The summed E-state index contributed by atoms with van der Waals surface area (Å²) in [6.07, 6.45) is 4.93. The molecule has 122 valence electrons. The van der Waals surface area contributed by atoms with Crippen molar-refractivity contribution in [1.29, 1.82) is 0 Å². The van der Waals surface area contributed by atoms with Gasteiger partial charge in [0.2, 0.25) is 5.95 Å². The first-order valence-electron chi connectivity index (χ1n) is 8.26. The van der Waals surface area contributed by atoms with E-state index in [1.54, 1.807) is 0 Å². The average molecular weight is 312 g/mol. The van der Waals surface area contributed by atoms with Gasteiger partial charge in [0, 0.05) is 43.6 Å². The number of aromatic nitrogens is 3. The van der Waals surface area contributed by atoms with E-state index in [1.165, 1.54) is 0 Å². The van der Waals surface area contributed by atoms with E-state index in [9.17, 15) is 0 Å². The van der Waals surface area contributed by atoms with Gasteiger partial charge in [0.25, 0.3) is 0 Å². The minimum atomic E-state index is 0.371. The van der Waals surface area contributed by atoms with Crippen molar-refractivity contribution < 1.29 is 0 Å². The normalized spacial score (nSPS) is 17.6. The summed E-state index contributed by atoms with van der Waals surface area (Å²) in [6.45, 7) is 4.87. The zero-order valence-corrected chi connectivity index (χ0v) is 13.6. The Morgan fingerprint density at radius 2 is 2.22 bits per heavy atom. The lowest BCUT2D eigenvalue weighted by molar-refractivity contribution is 0.545. The second-order valence-electron chi connectivity index (χ2n) is 5.96. The zero-order chi connectivity index (χ0) is 16.1. The SMILES string of the molecule is CCCc1cc(N2CCC(NCc3ccccn3)C2)nc(N)n1. The van der Waals surface area contributed by atoms with E-state index >= 15 is 0 Å². The van der Waals surface area contributed by atoms with Crippen LogP contribution in [0.4, 0.5) is 11.8 Å². The molecule has 0 spiro atoms. The maximum Gasteiger partial charge on any atom is 0.222 e. The first kappa shape index (κ1) is 15.7. The fraction of sp³-hybridized carbons (Fsp3) is 0.471. The van der Waals surface area contributed by atoms with Crippen molar-refractivity contribution in [1.82, 2.24) is 20.3 Å². The van der Waals surface area contributed by atoms with Gasteiger partial charge < -0.3 is 16.0 Å². The van der Waals surface area contributed by atoms with E-state index in [4.69, 9.17) is 5.73 Å². The Kier molecular flexibility index (Phi) is 5.02. The Balaban J connectivity index is 1.59. The molecule has 6 nitrogen and oxygen atoms in total. The van der Waals surface area contributed by atoms with Crippen LogP contribution in [0.2, 0.25) is 0 Å². The zero-order valence-electron chi connectivity index (χ0n) is 13.6. The number of nitrogen functional groups attached to an aromatic ring is 1. The molecule has 1 atom stereocenters. The summed E-state index contributed by atoms with van der Waals surface area (Å²) in [4.78, 5) is 15.3. The van der Waals surface area contributed by atoms with Gasteiger partial charge in [-0.1, -0.05) is 19.4 Å². The van der Waals surface area contributed by atoms with Gasteiger partial charge in [-0.15, -0.1) is 0 Å². The molecule has 3 rings (SSSR count). The van der Waals surface area contributed by atoms with E-state index in [0.717, 1.165) is 56.1 Å². The van der Waals surface area contributed by atoms with Crippen molar-refractivity contribution in [3.05, 3.63) is 41.9 Å². The van der Waals surface area contributed by atoms with Crippen molar-refractivity contribution in [3.8, 4) is 0 Å². The lowest BCUT2D eigenvalue weighted by atomic mass is 10.2. The van der Waals surface area contributed by atoms with E-state index in [2.05, 4.69) is 38.2 Å². The number of anilines is 2. The highest BCUT2D eigenvalue weighted by molar-refractivity contribution is 5.44. The molecule has 6 heteroatoms. The monoisotopic (exact) mass is 312 g/mol. The van der Waals surface area contributed by atoms with Crippen LogP contribution in [-0.2, 0) is 13.0 Å². The van der Waals surface area contributed by atoms with Gasteiger partial charge in [-0.3, -0.25) is 4.98 Å². The van der Waals surface area contributed by atoms with Gasteiger partial charge in [0.05, 0.1) is 5.69 Å². The third-order valence-electron chi connectivity index (χ3n) is 4.10. The lowest BCUT2D eigenvalue weighted by Crippen LogP contribution is -2.32. The Hall–Kier alpha value is -2.21. The van der Waals surface area contributed by atoms with Crippen LogP contribution < -0.4 is 16.0 Å². The minimum absolute atomic E-state index is 0.371. The maximum absolute atomic E-state index is 5.85. The highest BCUT2D eigenvalue weighted by atomic mass is 15.2. The molecule has 0 aromatic carbocycles. The summed E-state index contributed by atoms with van der Waals surface area (Å²) < 4.78 is 0. The number of hydrogen-bond acceptors (Lipinski definition) is 6. The third kappa shape index (κ3) is 4.16. The molecule has 1 aliphatic heterocycles. The van der Waals surface area contributed by atoms with Crippen molar-refractivity contribution in [2.24, 2.45) is 0 Å². The molecule has 2 aromatic heterocycles. The molecular weight excluding hydrogens is 288 g/mol. The summed E-state index contributed by atoms with van der Waals surface area (Å²) in [6, 6.07) is 8.52. The largest absolute Gasteiger partial charge is 0.368 e. The van der Waals surface area contributed by atoms with Crippen LogP contribution in [0.3, 0.4) is 0 Å². The van der Waals surface area contributed by atoms with Gasteiger partial charge in [0.15, 0.2) is 0 Å². The second kappa shape index (κ2) is 7.37. The fourth-order valence-corrected chi connectivity index (χ4v) is 2.94. The molecule has 1 unspecified atom stereocenters. The topological polar surface area (TPSA) is 80.0 Å². The summed E-state index contributed by atoms with van der Waals surface area (Å²) in [5.74, 6) is 1.32. The second-order valence-corrected chi connectivity index (χ2v) is 5.96. The van der Waals surface area contributed by atoms with Crippen LogP contribution in [0.5, 0.6) is 0 Å². The third-order valence-corrected chi connectivity index (χ3v) is 4.10. The summed E-state index contributed by atoms with van der Waals surface area (Å²) in [5.41, 5.74) is 7.95. The molecule has 0 amide bonds. The van der Waals surface area contributed by atoms with E-state index in [0.29, 0.717) is 12.0 Å². The van der Waals surface area contributed by atoms with Gasteiger partial charge in [0.1, 0.15) is 5.82 Å². The molecule has 3 N–H and O–H groups in total. The van der Waals surface area contributed by atoms with Crippen molar-refractivity contribution in [2.45, 2.75) is 38.8 Å². The molecule has 1 saturated heterocycles. The lowest BCUT2D eigenvalue weighted by Gasteiger charge is -2.19. The molecular formula is C17H24N6. The number of nitrogens with zero attached hydrogens (tertiary/aromatic N) is 4. The molecule has 0 bridgehead atoms. The molecule has 2 aromatic rings.